The van der Waals surface area contributed by atoms with Gasteiger partial charge in [0.1, 0.15) is 5.75 Å². The van der Waals surface area contributed by atoms with E-state index in [9.17, 15) is 4.39 Å². The molecule has 0 saturated heterocycles. The first-order chi connectivity index (χ1) is 7.79. The minimum Gasteiger partial charge on any atom is -0.436 e. The van der Waals surface area contributed by atoms with Gasteiger partial charge >= 0.3 is 0 Å². The molecule has 16 heavy (non-hydrogen) atoms. The Hall–Kier alpha value is -2.17. The summed E-state index contributed by atoms with van der Waals surface area (Å²) in [5.74, 6) is 0.155. The molecule has 0 fully saturated rings. The highest BCUT2D eigenvalue weighted by Gasteiger charge is 2.08. The van der Waals surface area contributed by atoms with Gasteiger partial charge in [-0.25, -0.2) is 4.98 Å². The molecule has 0 unspecified atom stereocenters. The smallest absolute Gasteiger partial charge is 0.260 e. The molecule has 0 spiro atoms. The second-order valence-electron chi connectivity index (χ2n) is 3.01. The molecule has 0 aliphatic rings. The number of hydrogen-bond donors (Lipinski definition) is 1. The average Bonchev–Trinajstić information content (AvgIpc) is 2.33. The highest BCUT2D eigenvalue weighted by molar-refractivity contribution is 5.31. The monoisotopic (exact) mass is 219 g/mol. The third-order valence-electron chi connectivity index (χ3n) is 1.89. The number of para-hydroxylation sites is 1. The van der Waals surface area contributed by atoms with Crippen molar-refractivity contribution in [1.82, 2.24) is 9.97 Å². The van der Waals surface area contributed by atoms with Gasteiger partial charge in [0.25, 0.3) is 5.88 Å². The fourth-order valence-electron chi connectivity index (χ4n) is 1.14. The van der Waals surface area contributed by atoms with Crippen molar-refractivity contribution in [3.63, 3.8) is 0 Å². The van der Waals surface area contributed by atoms with E-state index in [2.05, 4.69) is 15.3 Å². The van der Waals surface area contributed by atoms with Crippen LogP contribution in [0.1, 0.15) is 0 Å². The van der Waals surface area contributed by atoms with E-state index in [4.69, 9.17) is 4.74 Å². The Labute approximate surface area is 92.1 Å². The zero-order chi connectivity index (χ0) is 11.4. The van der Waals surface area contributed by atoms with Crippen LogP contribution in [-0.2, 0) is 0 Å². The molecule has 2 rings (SSSR count). The van der Waals surface area contributed by atoms with Crippen molar-refractivity contribution in [2.24, 2.45) is 0 Å². The van der Waals surface area contributed by atoms with Crippen LogP contribution in [0.25, 0.3) is 0 Å². The molecule has 1 heterocycles. The van der Waals surface area contributed by atoms with Crippen molar-refractivity contribution < 1.29 is 9.13 Å². The van der Waals surface area contributed by atoms with E-state index in [1.54, 1.807) is 31.3 Å². The summed E-state index contributed by atoms with van der Waals surface area (Å²) >= 11 is 0. The van der Waals surface area contributed by atoms with Crippen molar-refractivity contribution in [3.05, 3.63) is 42.3 Å². The Kier molecular flexibility index (Phi) is 2.95. The largest absolute Gasteiger partial charge is 0.436 e. The lowest BCUT2D eigenvalue weighted by atomic mass is 10.3. The normalized spacial score (nSPS) is 9.88. The van der Waals surface area contributed by atoms with Crippen LogP contribution in [0, 0.1) is 5.82 Å². The highest BCUT2D eigenvalue weighted by Crippen LogP contribution is 2.22. The van der Waals surface area contributed by atoms with Gasteiger partial charge in [0.15, 0.2) is 0 Å². The number of rotatable bonds is 3. The number of halogens is 1. The molecule has 5 heteroatoms. The van der Waals surface area contributed by atoms with Crippen LogP contribution in [0.15, 0.2) is 36.5 Å². The van der Waals surface area contributed by atoms with Gasteiger partial charge in [0.05, 0.1) is 6.20 Å². The Morgan fingerprint density at radius 1 is 1.25 bits per heavy atom. The summed E-state index contributed by atoms with van der Waals surface area (Å²) in [6.45, 7) is 0. The quantitative estimate of drug-likeness (QED) is 0.861. The molecule has 4 nitrogen and oxygen atoms in total. The van der Waals surface area contributed by atoms with Crippen LogP contribution in [0.4, 0.5) is 10.3 Å². The van der Waals surface area contributed by atoms with E-state index in [-0.39, 0.29) is 5.88 Å². The molecule has 0 saturated carbocycles. The lowest BCUT2D eigenvalue weighted by Crippen LogP contribution is -2.00. The molecule has 0 aliphatic carbocycles. The third-order valence-corrected chi connectivity index (χ3v) is 1.89. The molecular formula is C11H10FN3O. The summed E-state index contributed by atoms with van der Waals surface area (Å²) in [6.07, 6.45) is 1.07. The Morgan fingerprint density at radius 3 is 2.69 bits per heavy atom. The van der Waals surface area contributed by atoms with E-state index in [1.165, 1.54) is 0 Å². The maximum atomic E-state index is 13.3. The number of aromatic nitrogens is 2. The van der Waals surface area contributed by atoms with Crippen LogP contribution in [0.2, 0.25) is 0 Å². The zero-order valence-electron chi connectivity index (χ0n) is 8.64. The predicted molar refractivity (Wildman–Crippen MR) is 58.1 cm³/mol. The summed E-state index contributed by atoms with van der Waals surface area (Å²) in [7, 11) is 1.65. The molecule has 0 radical (unpaired) electrons. The maximum Gasteiger partial charge on any atom is 0.260 e. The fraction of sp³-hybridized carbons (Fsp3) is 0.0909. The number of ether oxygens (including phenoxy) is 1. The Morgan fingerprint density at radius 2 is 2.00 bits per heavy atom. The fourth-order valence-corrected chi connectivity index (χ4v) is 1.14. The first-order valence-corrected chi connectivity index (χ1v) is 4.73. The van der Waals surface area contributed by atoms with Gasteiger partial charge < -0.3 is 10.1 Å². The summed E-state index contributed by atoms with van der Waals surface area (Å²) in [6, 6.07) is 8.89. The van der Waals surface area contributed by atoms with Gasteiger partial charge in [-0.05, 0) is 12.1 Å². The maximum absolute atomic E-state index is 13.3. The zero-order valence-corrected chi connectivity index (χ0v) is 8.64. The van der Waals surface area contributed by atoms with Crippen molar-refractivity contribution in [2.75, 3.05) is 12.4 Å². The van der Waals surface area contributed by atoms with E-state index >= 15 is 0 Å². The van der Waals surface area contributed by atoms with Crippen molar-refractivity contribution in [1.29, 1.82) is 0 Å². The molecule has 1 aromatic carbocycles. The molecular weight excluding hydrogens is 209 g/mol. The van der Waals surface area contributed by atoms with Crippen LogP contribution in [-0.4, -0.2) is 17.0 Å². The van der Waals surface area contributed by atoms with Crippen LogP contribution in [0.3, 0.4) is 0 Å². The molecule has 1 aromatic heterocycles. The third kappa shape index (κ3) is 2.25. The van der Waals surface area contributed by atoms with Gasteiger partial charge in [-0.3, -0.25) is 0 Å². The van der Waals surface area contributed by atoms with E-state index in [0.717, 1.165) is 6.20 Å². The average molecular weight is 219 g/mol. The summed E-state index contributed by atoms with van der Waals surface area (Å²) < 4.78 is 18.6. The van der Waals surface area contributed by atoms with Gasteiger partial charge in [0.2, 0.25) is 11.8 Å². The summed E-state index contributed by atoms with van der Waals surface area (Å²) in [4.78, 5) is 7.59. The SMILES string of the molecule is CNc1ncc(F)c(Oc2ccccc2)n1. The summed E-state index contributed by atoms with van der Waals surface area (Å²) in [5.41, 5.74) is 0. The van der Waals surface area contributed by atoms with Crippen LogP contribution in [0.5, 0.6) is 11.6 Å². The molecule has 0 atom stereocenters. The second kappa shape index (κ2) is 4.57. The lowest BCUT2D eigenvalue weighted by Gasteiger charge is -2.06. The molecule has 0 aliphatic heterocycles. The topological polar surface area (TPSA) is 47.0 Å². The molecule has 1 N–H and O–H groups in total. The van der Waals surface area contributed by atoms with Crippen molar-refractivity contribution in [3.8, 4) is 11.6 Å². The van der Waals surface area contributed by atoms with Gasteiger partial charge in [-0.15, -0.1) is 0 Å². The number of benzene rings is 1. The highest BCUT2D eigenvalue weighted by atomic mass is 19.1. The van der Waals surface area contributed by atoms with Crippen LogP contribution >= 0.6 is 0 Å². The molecule has 82 valence electrons. The van der Waals surface area contributed by atoms with E-state index < -0.39 is 5.82 Å². The van der Waals surface area contributed by atoms with Crippen molar-refractivity contribution in [2.45, 2.75) is 0 Å². The van der Waals surface area contributed by atoms with E-state index in [0.29, 0.717) is 11.7 Å². The van der Waals surface area contributed by atoms with Crippen LogP contribution < -0.4 is 10.1 Å². The van der Waals surface area contributed by atoms with Crippen molar-refractivity contribution >= 4 is 5.95 Å². The van der Waals surface area contributed by atoms with Gasteiger partial charge in [-0.1, -0.05) is 18.2 Å². The number of hydrogen-bond acceptors (Lipinski definition) is 4. The van der Waals surface area contributed by atoms with Gasteiger partial charge in [-0.2, -0.15) is 9.37 Å². The summed E-state index contributed by atoms with van der Waals surface area (Å²) in [5, 5.41) is 2.71. The standard InChI is InChI=1S/C11H10FN3O/c1-13-11-14-7-9(12)10(15-11)16-8-5-3-2-4-6-8/h2-7H,1H3,(H,13,14,15). The predicted octanol–water partition coefficient (Wildman–Crippen LogP) is 2.45. The Balaban J connectivity index is 2.27. The molecule has 2 aromatic rings. The first kappa shape index (κ1) is 10.4. The molecule has 0 amide bonds. The second-order valence-corrected chi connectivity index (χ2v) is 3.01. The number of nitrogens with one attached hydrogen (secondary N) is 1. The first-order valence-electron chi connectivity index (χ1n) is 4.73. The number of nitrogens with zero attached hydrogens (tertiary/aromatic N) is 2. The molecule has 0 bridgehead atoms. The number of anilines is 1. The Bertz CT molecular complexity index is 476. The minimum absolute atomic E-state index is 0.0921. The minimum atomic E-state index is -0.595. The lowest BCUT2D eigenvalue weighted by molar-refractivity contribution is 0.421. The van der Waals surface area contributed by atoms with Gasteiger partial charge in [0, 0.05) is 7.05 Å². The van der Waals surface area contributed by atoms with E-state index in [1.807, 2.05) is 6.07 Å².